The van der Waals surface area contributed by atoms with Crippen molar-refractivity contribution in [3.63, 3.8) is 0 Å². The first-order valence-corrected chi connectivity index (χ1v) is 11.3. The lowest BCUT2D eigenvalue weighted by molar-refractivity contribution is 0.102. The first kappa shape index (κ1) is 22.4. The number of phenolic OH excluding ortho intramolecular Hbond substituents is 2. The Labute approximate surface area is 195 Å². The van der Waals surface area contributed by atoms with Gasteiger partial charge >= 0.3 is 0 Å². The highest BCUT2D eigenvalue weighted by atomic mass is 32.2. The molecule has 0 unspecified atom stereocenters. The minimum absolute atomic E-state index is 0.111. The molecule has 0 radical (unpaired) electrons. The maximum Gasteiger partial charge on any atom is 0.191 e. The Bertz CT molecular complexity index is 1260. The molecule has 1 heterocycles. The quantitative estimate of drug-likeness (QED) is 0.214. The van der Waals surface area contributed by atoms with Crippen LogP contribution >= 0.6 is 11.8 Å². The van der Waals surface area contributed by atoms with Gasteiger partial charge in [-0.25, -0.2) is 0 Å². The summed E-state index contributed by atoms with van der Waals surface area (Å²) in [6, 6.07) is 21.8. The number of nitrogens with zero attached hydrogens (tertiary/aromatic N) is 3. The van der Waals surface area contributed by atoms with E-state index >= 15 is 0 Å². The zero-order valence-corrected chi connectivity index (χ0v) is 18.8. The molecule has 4 aromatic rings. The second kappa shape index (κ2) is 10.2. The van der Waals surface area contributed by atoms with Crippen molar-refractivity contribution < 1.29 is 19.7 Å². The molecule has 168 valence electrons. The molecule has 7 nitrogen and oxygen atoms in total. The predicted octanol–water partition coefficient (Wildman–Crippen LogP) is 4.58. The van der Waals surface area contributed by atoms with E-state index in [0.717, 1.165) is 12.0 Å². The Morgan fingerprint density at radius 2 is 1.73 bits per heavy atom. The molecule has 0 saturated carbocycles. The van der Waals surface area contributed by atoms with E-state index in [0.29, 0.717) is 28.8 Å². The summed E-state index contributed by atoms with van der Waals surface area (Å²) < 4.78 is 7.51. The molecule has 4 rings (SSSR count). The number of aryl methyl sites for hydroxylation is 1. The largest absolute Gasteiger partial charge is 0.504 e. The molecule has 0 aliphatic carbocycles. The normalized spacial score (nSPS) is 10.8. The summed E-state index contributed by atoms with van der Waals surface area (Å²) >= 11 is 1.28. The fourth-order valence-electron chi connectivity index (χ4n) is 3.42. The number of ketones is 1. The van der Waals surface area contributed by atoms with E-state index in [9.17, 15) is 15.0 Å². The van der Waals surface area contributed by atoms with Gasteiger partial charge in [-0.1, -0.05) is 54.2 Å². The number of carbonyl (C=O) groups is 1. The molecule has 0 spiro atoms. The number of Topliss-reactive ketones (excluding diaryl/α,β-unsaturated/α-hetero) is 1. The van der Waals surface area contributed by atoms with E-state index in [1.807, 2.05) is 47.0 Å². The maximum absolute atomic E-state index is 12.7. The van der Waals surface area contributed by atoms with Gasteiger partial charge in [0.15, 0.2) is 28.3 Å². The lowest BCUT2D eigenvalue weighted by Crippen LogP contribution is -2.08. The van der Waals surface area contributed by atoms with Gasteiger partial charge in [0.25, 0.3) is 0 Å². The molecule has 0 fully saturated rings. The van der Waals surface area contributed by atoms with Crippen LogP contribution in [0.4, 0.5) is 0 Å². The Balaban J connectivity index is 1.60. The van der Waals surface area contributed by atoms with Crippen molar-refractivity contribution in [3.8, 4) is 28.6 Å². The number of thioether (sulfide) groups is 1. The van der Waals surface area contributed by atoms with Crippen molar-refractivity contribution in [3.05, 3.63) is 83.9 Å². The third kappa shape index (κ3) is 5.18. The number of aromatic nitrogens is 3. The Morgan fingerprint density at radius 1 is 0.970 bits per heavy atom. The van der Waals surface area contributed by atoms with Crippen molar-refractivity contribution in [2.75, 3.05) is 12.9 Å². The van der Waals surface area contributed by atoms with Crippen LogP contribution in [-0.2, 0) is 13.0 Å². The summed E-state index contributed by atoms with van der Waals surface area (Å²) in [6.45, 7) is 0.626. The number of hydrogen-bond donors (Lipinski definition) is 2. The second-order valence-corrected chi connectivity index (χ2v) is 8.25. The van der Waals surface area contributed by atoms with Crippen LogP contribution in [0.3, 0.4) is 0 Å². The van der Waals surface area contributed by atoms with Crippen molar-refractivity contribution in [2.45, 2.75) is 18.1 Å². The molecule has 0 saturated heterocycles. The minimum Gasteiger partial charge on any atom is -0.504 e. The molecule has 2 N–H and O–H groups in total. The second-order valence-electron chi connectivity index (χ2n) is 7.31. The van der Waals surface area contributed by atoms with Crippen molar-refractivity contribution >= 4 is 17.5 Å². The average Bonchev–Trinajstić information content (AvgIpc) is 3.26. The molecular weight excluding hydrogens is 438 g/mol. The summed E-state index contributed by atoms with van der Waals surface area (Å²) in [5, 5.41) is 28.5. The maximum atomic E-state index is 12.7. The van der Waals surface area contributed by atoms with Gasteiger partial charge in [0.2, 0.25) is 0 Å². The van der Waals surface area contributed by atoms with Gasteiger partial charge < -0.3 is 19.5 Å². The summed E-state index contributed by atoms with van der Waals surface area (Å²) in [6.07, 6.45) is 0.772. The highest BCUT2D eigenvalue weighted by molar-refractivity contribution is 7.99. The standard InChI is InChI=1S/C25H23N3O4S/c1-32-23-10-6-5-9-19(23)24-26-27-25(28(24)14-13-17-7-3-2-4-8-17)33-16-22(31)18-11-12-20(29)21(30)15-18/h2-12,15,29-30H,13-14,16H2,1H3. The lowest BCUT2D eigenvalue weighted by Gasteiger charge is -2.12. The summed E-state index contributed by atoms with van der Waals surface area (Å²) in [4.78, 5) is 12.7. The van der Waals surface area contributed by atoms with Crippen molar-refractivity contribution in [2.24, 2.45) is 0 Å². The number of benzene rings is 3. The zero-order valence-electron chi connectivity index (χ0n) is 18.0. The van der Waals surface area contributed by atoms with E-state index in [1.165, 1.54) is 35.5 Å². The van der Waals surface area contributed by atoms with E-state index in [-0.39, 0.29) is 23.0 Å². The third-order valence-electron chi connectivity index (χ3n) is 5.16. The summed E-state index contributed by atoms with van der Waals surface area (Å²) in [5.41, 5.74) is 2.32. The highest BCUT2D eigenvalue weighted by Crippen LogP contribution is 2.32. The average molecular weight is 462 g/mol. The molecule has 33 heavy (non-hydrogen) atoms. The number of methoxy groups -OCH3 is 1. The molecule has 0 aliphatic heterocycles. The fraction of sp³-hybridized carbons (Fsp3) is 0.160. The van der Waals surface area contributed by atoms with E-state index in [4.69, 9.17) is 4.74 Å². The van der Waals surface area contributed by atoms with Crippen LogP contribution in [0.25, 0.3) is 11.4 Å². The predicted molar refractivity (Wildman–Crippen MR) is 127 cm³/mol. The molecule has 0 atom stereocenters. The SMILES string of the molecule is COc1ccccc1-c1nnc(SCC(=O)c2ccc(O)c(O)c2)n1CCc1ccccc1. The smallest absolute Gasteiger partial charge is 0.191 e. The Morgan fingerprint density at radius 3 is 2.48 bits per heavy atom. The Kier molecular flexibility index (Phi) is 6.95. The van der Waals surface area contributed by atoms with Crippen LogP contribution in [-0.4, -0.2) is 43.6 Å². The van der Waals surface area contributed by atoms with Gasteiger partial charge in [0, 0.05) is 12.1 Å². The number of hydrogen-bond acceptors (Lipinski definition) is 7. The molecule has 0 bridgehead atoms. The topological polar surface area (TPSA) is 97.5 Å². The first-order chi connectivity index (χ1) is 16.1. The van der Waals surface area contributed by atoms with Crippen LogP contribution < -0.4 is 4.74 Å². The van der Waals surface area contributed by atoms with Crippen molar-refractivity contribution in [1.82, 2.24) is 14.8 Å². The number of ether oxygens (including phenoxy) is 1. The number of phenols is 2. The van der Waals surface area contributed by atoms with Gasteiger partial charge in [0.05, 0.1) is 18.4 Å². The Hall–Kier alpha value is -3.78. The van der Waals surface area contributed by atoms with Crippen molar-refractivity contribution in [1.29, 1.82) is 0 Å². The monoisotopic (exact) mass is 461 g/mol. The number of carbonyl (C=O) groups excluding carboxylic acids is 1. The zero-order chi connectivity index (χ0) is 23.2. The molecule has 0 aliphatic rings. The highest BCUT2D eigenvalue weighted by Gasteiger charge is 2.19. The molecule has 1 aromatic heterocycles. The van der Waals surface area contributed by atoms with Gasteiger partial charge in [-0.05, 0) is 42.3 Å². The van der Waals surface area contributed by atoms with Gasteiger partial charge in [-0.2, -0.15) is 0 Å². The number of rotatable bonds is 9. The van der Waals surface area contributed by atoms with Crippen LogP contribution in [0.1, 0.15) is 15.9 Å². The summed E-state index contributed by atoms with van der Waals surface area (Å²) in [7, 11) is 1.62. The minimum atomic E-state index is -0.324. The van der Waals surface area contributed by atoms with Crippen LogP contribution in [0.5, 0.6) is 17.2 Å². The van der Waals surface area contributed by atoms with Crippen LogP contribution in [0.15, 0.2) is 78.0 Å². The van der Waals surface area contributed by atoms with Gasteiger partial charge in [-0.3, -0.25) is 4.79 Å². The fourth-order valence-corrected chi connectivity index (χ4v) is 4.28. The van der Waals surface area contributed by atoms with Crippen LogP contribution in [0, 0.1) is 0 Å². The summed E-state index contributed by atoms with van der Waals surface area (Å²) in [5.74, 6) is 0.696. The number of para-hydroxylation sites is 1. The van der Waals surface area contributed by atoms with E-state index < -0.39 is 0 Å². The lowest BCUT2D eigenvalue weighted by atomic mass is 10.1. The van der Waals surface area contributed by atoms with Gasteiger partial charge in [-0.15, -0.1) is 10.2 Å². The van der Waals surface area contributed by atoms with E-state index in [1.54, 1.807) is 7.11 Å². The molecular formula is C25H23N3O4S. The third-order valence-corrected chi connectivity index (χ3v) is 6.13. The van der Waals surface area contributed by atoms with E-state index in [2.05, 4.69) is 22.3 Å². The molecule has 3 aromatic carbocycles. The molecule has 0 amide bonds. The van der Waals surface area contributed by atoms with Gasteiger partial charge in [0.1, 0.15) is 5.75 Å². The number of aromatic hydroxyl groups is 2. The molecule has 8 heteroatoms. The van der Waals surface area contributed by atoms with Crippen LogP contribution in [0.2, 0.25) is 0 Å². The first-order valence-electron chi connectivity index (χ1n) is 10.4.